The smallest absolute Gasteiger partial charge is 0.172 e. The molecule has 2 rings (SSSR count). The van der Waals surface area contributed by atoms with Gasteiger partial charge in [-0.2, -0.15) is 0 Å². The van der Waals surface area contributed by atoms with Crippen molar-refractivity contribution in [2.75, 3.05) is 5.73 Å². The molecule has 0 aliphatic carbocycles. The second-order valence-corrected chi connectivity index (χ2v) is 4.10. The second-order valence-electron chi connectivity index (χ2n) is 3.18. The number of benzene rings is 1. The van der Waals surface area contributed by atoms with E-state index in [1.54, 1.807) is 13.0 Å². The normalized spacial score (nSPS) is 10.6. The molecule has 3 nitrogen and oxygen atoms in total. The van der Waals surface area contributed by atoms with Crippen LogP contribution in [0.15, 0.2) is 27.2 Å². The maximum absolute atomic E-state index is 13.1. The average molecular weight is 271 g/mol. The predicted molar refractivity (Wildman–Crippen MR) is 58.7 cm³/mol. The highest BCUT2D eigenvalue weighted by molar-refractivity contribution is 9.10. The Morgan fingerprint density at radius 2 is 2.13 bits per heavy atom. The van der Waals surface area contributed by atoms with Gasteiger partial charge in [-0.25, -0.2) is 4.39 Å². The summed E-state index contributed by atoms with van der Waals surface area (Å²) >= 11 is 3.21. The van der Waals surface area contributed by atoms with Crippen molar-refractivity contribution in [2.45, 2.75) is 6.92 Å². The molecular weight excluding hydrogens is 263 g/mol. The summed E-state index contributed by atoms with van der Waals surface area (Å²) in [6, 6.07) is 4.49. The Labute approximate surface area is 94.2 Å². The van der Waals surface area contributed by atoms with E-state index in [9.17, 15) is 4.39 Å². The molecule has 78 valence electrons. The Morgan fingerprint density at radius 3 is 2.67 bits per heavy atom. The second kappa shape index (κ2) is 3.66. The van der Waals surface area contributed by atoms with Crippen molar-refractivity contribution in [1.29, 1.82) is 0 Å². The lowest BCUT2D eigenvalue weighted by atomic mass is 10.1. The largest absolute Gasteiger partial charge is 0.381 e. The van der Waals surface area contributed by atoms with Gasteiger partial charge in [0.15, 0.2) is 11.6 Å². The van der Waals surface area contributed by atoms with Crippen molar-refractivity contribution >= 4 is 21.7 Å². The number of nitrogens with zero attached hydrogens (tertiary/aromatic N) is 1. The van der Waals surface area contributed by atoms with Crippen molar-refractivity contribution < 1.29 is 8.91 Å². The fourth-order valence-corrected chi connectivity index (χ4v) is 1.77. The predicted octanol–water partition coefficient (Wildman–Crippen LogP) is 3.13. The van der Waals surface area contributed by atoms with E-state index in [1.807, 2.05) is 0 Å². The van der Waals surface area contributed by atoms with E-state index >= 15 is 0 Å². The first-order valence-corrected chi connectivity index (χ1v) is 5.05. The van der Waals surface area contributed by atoms with Crippen molar-refractivity contribution in [3.63, 3.8) is 0 Å². The first-order chi connectivity index (χ1) is 7.08. The Morgan fingerprint density at radius 1 is 1.40 bits per heavy atom. The topological polar surface area (TPSA) is 52.0 Å². The summed E-state index contributed by atoms with van der Waals surface area (Å²) < 4.78 is 18.8. The zero-order valence-corrected chi connectivity index (χ0v) is 9.51. The minimum Gasteiger partial charge on any atom is -0.381 e. The molecule has 0 amide bonds. The zero-order chi connectivity index (χ0) is 11.0. The maximum atomic E-state index is 13.1. The number of nitrogen functional groups attached to an aromatic ring is 1. The Bertz CT molecular complexity index is 490. The van der Waals surface area contributed by atoms with Gasteiger partial charge in [-0.1, -0.05) is 21.1 Å². The third kappa shape index (κ3) is 1.87. The van der Waals surface area contributed by atoms with E-state index in [1.165, 1.54) is 12.1 Å². The Balaban J connectivity index is 2.58. The summed E-state index contributed by atoms with van der Waals surface area (Å²) in [4.78, 5) is 0. The van der Waals surface area contributed by atoms with E-state index in [2.05, 4.69) is 21.1 Å². The van der Waals surface area contributed by atoms with E-state index in [-0.39, 0.29) is 5.82 Å². The molecule has 0 fully saturated rings. The third-order valence-electron chi connectivity index (χ3n) is 2.08. The molecule has 2 aromatic rings. The summed E-state index contributed by atoms with van der Waals surface area (Å²) in [7, 11) is 0. The van der Waals surface area contributed by atoms with E-state index < -0.39 is 0 Å². The summed E-state index contributed by atoms with van der Waals surface area (Å²) in [5.41, 5.74) is 6.87. The summed E-state index contributed by atoms with van der Waals surface area (Å²) in [5.74, 6) is 0.479. The monoisotopic (exact) mass is 270 g/mol. The van der Waals surface area contributed by atoms with Gasteiger partial charge in [0.25, 0.3) is 0 Å². The molecule has 0 atom stereocenters. The lowest BCUT2D eigenvalue weighted by molar-refractivity contribution is 0.435. The van der Waals surface area contributed by atoms with Crippen LogP contribution in [0, 0.1) is 12.7 Å². The van der Waals surface area contributed by atoms with Crippen molar-refractivity contribution in [3.05, 3.63) is 34.1 Å². The van der Waals surface area contributed by atoms with Crippen LogP contribution in [0.25, 0.3) is 11.3 Å². The molecule has 1 aromatic carbocycles. The molecular formula is C10H8BrFN2O. The number of hydrogen-bond donors (Lipinski definition) is 1. The fourth-order valence-electron chi connectivity index (χ4n) is 1.30. The lowest BCUT2D eigenvalue weighted by Crippen LogP contribution is -1.87. The Kier molecular flexibility index (Phi) is 2.48. The SMILES string of the molecule is Cc1c(N)noc1-c1cc(F)cc(Br)c1. The molecule has 1 heterocycles. The van der Waals surface area contributed by atoms with E-state index in [0.717, 1.165) is 0 Å². The molecule has 0 bridgehead atoms. The minimum atomic E-state index is -0.339. The number of halogens is 2. The van der Waals surface area contributed by atoms with Crippen LogP contribution < -0.4 is 5.73 Å². The van der Waals surface area contributed by atoms with Gasteiger partial charge in [0.2, 0.25) is 0 Å². The van der Waals surface area contributed by atoms with Gasteiger partial charge < -0.3 is 10.3 Å². The summed E-state index contributed by atoms with van der Waals surface area (Å²) in [6.45, 7) is 1.78. The quantitative estimate of drug-likeness (QED) is 0.866. The van der Waals surface area contributed by atoms with Gasteiger partial charge in [-0.3, -0.25) is 0 Å². The molecule has 0 saturated carbocycles. The standard InChI is InChI=1S/C10H8BrFN2O/c1-5-9(15-14-10(5)13)6-2-7(11)4-8(12)3-6/h2-4H,1H3,(H2,13,14). The van der Waals surface area contributed by atoms with Crippen LogP contribution in [-0.2, 0) is 0 Å². The van der Waals surface area contributed by atoms with Crippen LogP contribution in [-0.4, -0.2) is 5.16 Å². The van der Waals surface area contributed by atoms with Gasteiger partial charge in [0.1, 0.15) is 5.82 Å². The zero-order valence-electron chi connectivity index (χ0n) is 7.92. The van der Waals surface area contributed by atoms with Gasteiger partial charge in [0.05, 0.1) is 0 Å². The van der Waals surface area contributed by atoms with Gasteiger partial charge >= 0.3 is 0 Å². The fraction of sp³-hybridized carbons (Fsp3) is 0.100. The number of nitrogens with two attached hydrogens (primary N) is 1. The highest BCUT2D eigenvalue weighted by Crippen LogP contribution is 2.29. The van der Waals surface area contributed by atoms with Crippen LogP contribution in [0.1, 0.15) is 5.56 Å². The molecule has 0 aliphatic rings. The Hall–Kier alpha value is -1.36. The van der Waals surface area contributed by atoms with Crippen molar-refractivity contribution in [3.8, 4) is 11.3 Å². The van der Waals surface area contributed by atoms with Gasteiger partial charge in [-0.05, 0) is 25.1 Å². The van der Waals surface area contributed by atoms with E-state index in [0.29, 0.717) is 27.2 Å². The molecule has 2 N–H and O–H groups in total. The molecule has 0 spiro atoms. The molecule has 1 aromatic heterocycles. The maximum Gasteiger partial charge on any atom is 0.172 e. The molecule has 15 heavy (non-hydrogen) atoms. The lowest BCUT2D eigenvalue weighted by Gasteiger charge is -1.99. The highest BCUT2D eigenvalue weighted by atomic mass is 79.9. The van der Waals surface area contributed by atoms with Gasteiger partial charge in [0, 0.05) is 15.6 Å². The minimum absolute atomic E-state index is 0.324. The van der Waals surface area contributed by atoms with Crippen LogP contribution in [0.4, 0.5) is 10.2 Å². The summed E-state index contributed by atoms with van der Waals surface area (Å²) in [6.07, 6.45) is 0. The third-order valence-corrected chi connectivity index (χ3v) is 2.54. The molecule has 5 heteroatoms. The van der Waals surface area contributed by atoms with Crippen LogP contribution in [0.5, 0.6) is 0 Å². The summed E-state index contributed by atoms with van der Waals surface area (Å²) in [5, 5.41) is 3.62. The first-order valence-electron chi connectivity index (χ1n) is 4.26. The van der Waals surface area contributed by atoms with Crippen molar-refractivity contribution in [1.82, 2.24) is 5.16 Å². The molecule has 0 unspecified atom stereocenters. The number of anilines is 1. The highest BCUT2D eigenvalue weighted by Gasteiger charge is 2.12. The van der Waals surface area contributed by atoms with Crippen LogP contribution >= 0.6 is 15.9 Å². The van der Waals surface area contributed by atoms with Gasteiger partial charge in [-0.15, -0.1) is 0 Å². The van der Waals surface area contributed by atoms with Crippen LogP contribution in [0.3, 0.4) is 0 Å². The number of rotatable bonds is 1. The number of aromatic nitrogens is 1. The molecule has 0 aliphatic heterocycles. The van der Waals surface area contributed by atoms with Crippen LogP contribution in [0.2, 0.25) is 0 Å². The molecule has 0 saturated heterocycles. The van der Waals surface area contributed by atoms with Crippen molar-refractivity contribution in [2.24, 2.45) is 0 Å². The number of hydrogen-bond acceptors (Lipinski definition) is 3. The molecule has 0 radical (unpaired) electrons. The van der Waals surface area contributed by atoms with E-state index in [4.69, 9.17) is 10.3 Å². The average Bonchev–Trinajstić information content (AvgIpc) is 2.46. The first kappa shape index (κ1) is 10.2.